The minimum absolute atomic E-state index is 0. The SMILES string of the molecule is [Ni+2].[c-]1ccccc1-c1cccc(-c2ccccn2)n1.[c-]1ccncc1. The van der Waals surface area contributed by atoms with Crippen LogP contribution in [0.25, 0.3) is 22.6 Å². The maximum Gasteiger partial charge on any atom is 2.00 e. The summed E-state index contributed by atoms with van der Waals surface area (Å²) in [4.78, 5) is 12.7. The van der Waals surface area contributed by atoms with E-state index in [1.54, 1.807) is 30.7 Å². The second-order valence-corrected chi connectivity index (χ2v) is 4.85. The summed E-state index contributed by atoms with van der Waals surface area (Å²) in [6.07, 6.45) is 5.17. The molecule has 0 atom stereocenters. The molecule has 0 aliphatic carbocycles. The quantitative estimate of drug-likeness (QED) is 0.387. The molecule has 0 amide bonds. The van der Waals surface area contributed by atoms with E-state index in [1.165, 1.54) is 0 Å². The van der Waals surface area contributed by atoms with Gasteiger partial charge in [-0.15, -0.1) is 35.9 Å². The Morgan fingerprint density at radius 2 is 1.40 bits per heavy atom. The predicted molar refractivity (Wildman–Crippen MR) is 94.8 cm³/mol. The van der Waals surface area contributed by atoms with Crippen molar-refractivity contribution in [1.82, 2.24) is 15.0 Å². The largest absolute Gasteiger partial charge is 2.00 e. The van der Waals surface area contributed by atoms with Crippen molar-refractivity contribution in [1.29, 1.82) is 0 Å². The summed E-state index contributed by atoms with van der Waals surface area (Å²) in [7, 11) is 0. The minimum atomic E-state index is 0. The molecule has 0 spiro atoms. The van der Waals surface area contributed by atoms with Crippen LogP contribution in [0.5, 0.6) is 0 Å². The summed E-state index contributed by atoms with van der Waals surface area (Å²) in [5.41, 5.74) is 3.68. The smallest absolute Gasteiger partial charge is 0.391 e. The zero-order chi connectivity index (χ0) is 16.5. The van der Waals surface area contributed by atoms with Crippen molar-refractivity contribution in [2.75, 3.05) is 0 Å². The van der Waals surface area contributed by atoms with E-state index < -0.39 is 0 Å². The summed E-state index contributed by atoms with van der Waals surface area (Å²) in [5.74, 6) is 0. The van der Waals surface area contributed by atoms with Crippen molar-refractivity contribution < 1.29 is 16.5 Å². The van der Waals surface area contributed by atoms with E-state index in [4.69, 9.17) is 0 Å². The van der Waals surface area contributed by atoms with E-state index in [9.17, 15) is 0 Å². The number of pyridine rings is 3. The van der Waals surface area contributed by atoms with Gasteiger partial charge in [0.1, 0.15) is 0 Å². The normalized spacial score (nSPS) is 9.28. The summed E-state index contributed by atoms with van der Waals surface area (Å²) < 4.78 is 0. The Kier molecular flexibility index (Phi) is 7.49. The Hall–Kier alpha value is -2.84. The van der Waals surface area contributed by atoms with Gasteiger partial charge in [-0.25, -0.2) is 0 Å². The molecule has 3 heterocycles. The fourth-order valence-corrected chi connectivity index (χ4v) is 2.07. The fourth-order valence-electron chi connectivity index (χ4n) is 2.07. The van der Waals surface area contributed by atoms with Crippen LogP contribution in [0.15, 0.2) is 91.4 Å². The number of hydrogen-bond acceptors (Lipinski definition) is 3. The molecule has 0 bridgehead atoms. The zero-order valence-corrected chi connectivity index (χ0v) is 14.3. The molecule has 0 N–H and O–H groups in total. The van der Waals surface area contributed by atoms with Crippen LogP contribution >= 0.6 is 0 Å². The molecule has 0 unspecified atom stereocenters. The van der Waals surface area contributed by atoms with Gasteiger partial charge >= 0.3 is 16.5 Å². The van der Waals surface area contributed by atoms with Gasteiger partial charge in [0.25, 0.3) is 0 Å². The minimum Gasteiger partial charge on any atom is -0.391 e. The van der Waals surface area contributed by atoms with Crippen LogP contribution < -0.4 is 0 Å². The molecule has 0 saturated carbocycles. The van der Waals surface area contributed by atoms with Crippen molar-refractivity contribution in [3.8, 4) is 22.6 Å². The van der Waals surface area contributed by atoms with E-state index in [2.05, 4.69) is 27.1 Å². The predicted octanol–water partition coefficient (Wildman–Crippen LogP) is 4.49. The molecule has 3 nitrogen and oxygen atoms in total. The van der Waals surface area contributed by atoms with Crippen molar-refractivity contribution >= 4 is 0 Å². The number of hydrogen-bond donors (Lipinski definition) is 0. The molecule has 4 rings (SSSR count). The Labute approximate surface area is 157 Å². The van der Waals surface area contributed by atoms with Crippen LogP contribution in [0, 0.1) is 12.1 Å². The molecular weight excluding hydrogens is 353 g/mol. The first kappa shape index (κ1) is 18.5. The molecule has 25 heavy (non-hydrogen) atoms. The topological polar surface area (TPSA) is 38.7 Å². The first-order chi connectivity index (χ1) is 11.9. The fraction of sp³-hybridized carbons (Fsp3) is 0. The van der Waals surface area contributed by atoms with Crippen LogP contribution in [0.4, 0.5) is 0 Å². The van der Waals surface area contributed by atoms with Crippen LogP contribution in [0.2, 0.25) is 0 Å². The third kappa shape index (κ3) is 5.63. The molecule has 124 valence electrons. The molecular formula is C21H15N3Ni. The monoisotopic (exact) mass is 367 g/mol. The Morgan fingerprint density at radius 1 is 0.640 bits per heavy atom. The van der Waals surface area contributed by atoms with Crippen LogP contribution in [-0.2, 0) is 16.5 Å². The average Bonchev–Trinajstić information content (AvgIpc) is 2.71. The third-order valence-corrected chi connectivity index (χ3v) is 3.18. The summed E-state index contributed by atoms with van der Waals surface area (Å²) in [6.45, 7) is 0. The third-order valence-electron chi connectivity index (χ3n) is 3.18. The van der Waals surface area contributed by atoms with E-state index in [0.717, 1.165) is 22.6 Å². The van der Waals surface area contributed by atoms with E-state index >= 15 is 0 Å². The Balaban J connectivity index is 0.000000275. The average molecular weight is 368 g/mol. The van der Waals surface area contributed by atoms with E-state index in [-0.39, 0.29) is 16.5 Å². The first-order valence-electron chi connectivity index (χ1n) is 7.55. The maximum absolute atomic E-state index is 4.62. The molecule has 3 aromatic heterocycles. The summed E-state index contributed by atoms with van der Waals surface area (Å²) in [5, 5.41) is 0. The standard InChI is InChI=1S/C16H11N2.C5H4N.Ni/c1-2-7-13(8-3-1)14-10-6-11-16(18-14)15-9-4-5-12-17-15;1-2-4-6-5-3-1;/h1-7,9-12H;2-5H;/q2*-1;+2. The summed E-state index contributed by atoms with van der Waals surface area (Å²) in [6, 6.07) is 29.1. The number of nitrogens with zero attached hydrogens (tertiary/aromatic N) is 3. The van der Waals surface area contributed by atoms with Crippen molar-refractivity contribution in [3.63, 3.8) is 0 Å². The maximum atomic E-state index is 4.62. The molecule has 0 radical (unpaired) electrons. The van der Waals surface area contributed by atoms with Gasteiger partial charge in [0.05, 0.1) is 11.4 Å². The van der Waals surface area contributed by atoms with Gasteiger partial charge in [-0.05, 0) is 23.9 Å². The molecule has 0 saturated heterocycles. The Bertz CT molecular complexity index is 772. The second-order valence-electron chi connectivity index (χ2n) is 4.85. The van der Waals surface area contributed by atoms with Gasteiger partial charge in [-0.3, -0.25) is 9.97 Å². The van der Waals surface area contributed by atoms with Crippen molar-refractivity contribution in [2.24, 2.45) is 0 Å². The first-order valence-corrected chi connectivity index (χ1v) is 7.55. The molecule has 0 fully saturated rings. The number of rotatable bonds is 2. The molecule has 0 aliphatic rings. The van der Waals surface area contributed by atoms with E-state index in [0.29, 0.717) is 0 Å². The van der Waals surface area contributed by atoms with Gasteiger partial charge < -0.3 is 4.98 Å². The van der Waals surface area contributed by atoms with Gasteiger partial charge in [0, 0.05) is 6.20 Å². The zero-order valence-electron chi connectivity index (χ0n) is 13.3. The molecule has 0 aliphatic heterocycles. The molecule has 4 heteroatoms. The van der Waals surface area contributed by atoms with Gasteiger partial charge in [-0.2, -0.15) is 18.2 Å². The van der Waals surface area contributed by atoms with Crippen molar-refractivity contribution in [2.45, 2.75) is 0 Å². The second kappa shape index (κ2) is 10.1. The number of aromatic nitrogens is 3. The van der Waals surface area contributed by atoms with E-state index in [1.807, 2.05) is 60.7 Å². The van der Waals surface area contributed by atoms with Gasteiger partial charge in [-0.1, -0.05) is 30.6 Å². The van der Waals surface area contributed by atoms with Crippen LogP contribution in [-0.4, -0.2) is 15.0 Å². The Morgan fingerprint density at radius 3 is 2.00 bits per heavy atom. The van der Waals surface area contributed by atoms with Gasteiger partial charge in [0.15, 0.2) is 0 Å². The van der Waals surface area contributed by atoms with Crippen LogP contribution in [0.1, 0.15) is 0 Å². The van der Waals surface area contributed by atoms with Gasteiger partial charge in [0.2, 0.25) is 0 Å². The molecule has 1 aromatic carbocycles. The summed E-state index contributed by atoms with van der Waals surface area (Å²) >= 11 is 0. The number of benzene rings is 1. The molecule has 4 aromatic rings. The van der Waals surface area contributed by atoms with Crippen LogP contribution in [0.3, 0.4) is 0 Å². The van der Waals surface area contributed by atoms with Crippen molar-refractivity contribution in [3.05, 3.63) is 104 Å².